The van der Waals surface area contributed by atoms with Crippen LogP contribution in [0.4, 0.5) is 0 Å². The van der Waals surface area contributed by atoms with Crippen LogP contribution < -0.4 is 0 Å². The fourth-order valence-electron chi connectivity index (χ4n) is 2.29. The third kappa shape index (κ3) is 20.5. The number of hydrogen-bond acceptors (Lipinski definition) is 1. The second-order valence-electron chi connectivity index (χ2n) is 5.39. The van der Waals surface area contributed by atoms with Crippen LogP contribution >= 0.6 is 0 Å². The normalized spacial score (nSPS) is 10.2. The molecule has 0 heterocycles. The molecular formula is C16H32O2V. The molecule has 0 aliphatic carbocycles. The minimum absolute atomic E-state index is 0. The molecule has 0 aliphatic rings. The Labute approximate surface area is 131 Å². The van der Waals surface area contributed by atoms with Gasteiger partial charge in [0.25, 0.3) is 0 Å². The van der Waals surface area contributed by atoms with Gasteiger partial charge in [0, 0.05) is 25.0 Å². The van der Waals surface area contributed by atoms with E-state index in [0.717, 1.165) is 12.8 Å². The van der Waals surface area contributed by atoms with Gasteiger partial charge in [0.2, 0.25) is 0 Å². The maximum atomic E-state index is 10.3. The summed E-state index contributed by atoms with van der Waals surface area (Å²) in [4.78, 5) is 10.3. The van der Waals surface area contributed by atoms with Gasteiger partial charge in [-0.05, 0) is 6.42 Å². The molecular weight excluding hydrogens is 275 g/mol. The summed E-state index contributed by atoms with van der Waals surface area (Å²) in [5.74, 6) is -0.655. The van der Waals surface area contributed by atoms with E-state index in [4.69, 9.17) is 5.11 Å². The van der Waals surface area contributed by atoms with Crippen LogP contribution in [0.5, 0.6) is 0 Å². The van der Waals surface area contributed by atoms with Crippen molar-refractivity contribution in [2.75, 3.05) is 0 Å². The van der Waals surface area contributed by atoms with Gasteiger partial charge >= 0.3 is 5.97 Å². The van der Waals surface area contributed by atoms with Gasteiger partial charge in [0.15, 0.2) is 0 Å². The average Bonchev–Trinajstić information content (AvgIpc) is 2.34. The topological polar surface area (TPSA) is 37.3 Å². The van der Waals surface area contributed by atoms with Crippen LogP contribution in [-0.2, 0) is 23.4 Å². The fourth-order valence-corrected chi connectivity index (χ4v) is 2.29. The smallest absolute Gasteiger partial charge is 0.303 e. The maximum Gasteiger partial charge on any atom is 0.303 e. The monoisotopic (exact) mass is 307 g/mol. The zero-order valence-electron chi connectivity index (χ0n) is 12.7. The van der Waals surface area contributed by atoms with Crippen molar-refractivity contribution in [3.8, 4) is 0 Å². The Morgan fingerprint density at radius 3 is 1.32 bits per heavy atom. The second-order valence-corrected chi connectivity index (χ2v) is 5.39. The first-order valence-electron chi connectivity index (χ1n) is 7.99. The predicted molar refractivity (Wildman–Crippen MR) is 77.9 cm³/mol. The van der Waals surface area contributed by atoms with Gasteiger partial charge in [0.1, 0.15) is 0 Å². The summed E-state index contributed by atoms with van der Waals surface area (Å²) < 4.78 is 0. The molecule has 0 aliphatic heterocycles. The van der Waals surface area contributed by atoms with E-state index in [2.05, 4.69) is 6.92 Å². The van der Waals surface area contributed by atoms with Gasteiger partial charge in [-0.15, -0.1) is 0 Å². The molecule has 0 bridgehead atoms. The molecule has 0 fully saturated rings. The standard InChI is InChI=1S/C16H32O2.V/c1-2-3-4-5-6-7-8-9-10-11-12-13-14-15-16(17)18;/h2-15H2,1H3,(H,17,18);. The molecule has 1 radical (unpaired) electrons. The Bertz CT molecular complexity index is 184. The van der Waals surface area contributed by atoms with Crippen molar-refractivity contribution >= 4 is 5.97 Å². The third-order valence-corrected chi connectivity index (χ3v) is 3.49. The molecule has 2 nitrogen and oxygen atoms in total. The van der Waals surface area contributed by atoms with Crippen LogP contribution in [0.2, 0.25) is 0 Å². The second kappa shape index (κ2) is 18.1. The summed E-state index contributed by atoms with van der Waals surface area (Å²) in [5, 5.41) is 8.49. The molecule has 0 saturated heterocycles. The van der Waals surface area contributed by atoms with Crippen LogP contribution in [0.15, 0.2) is 0 Å². The van der Waals surface area contributed by atoms with E-state index in [0.29, 0.717) is 6.42 Å². The van der Waals surface area contributed by atoms with E-state index in [9.17, 15) is 4.79 Å². The van der Waals surface area contributed by atoms with E-state index >= 15 is 0 Å². The molecule has 0 aromatic heterocycles. The molecule has 3 heteroatoms. The van der Waals surface area contributed by atoms with Crippen molar-refractivity contribution in [3.05, 3.63) is 0 Å². The molecule has 19 heavy (non-hydrogen) atoms. The Morgan fingerprint density at radius 2 is 1.00 bits per heavy atom. The molecule has 0 unspecified atom stereocenters. The number of carbonyl (C=O) groups is 1. The van der Waals surface area contributed by atoms with Crippen molar-refractivity contribution in [2.45, 2.75) is 96.8 Å². The van der Waals surface area contributed by atoms with Gasteiger partial charge in [-0.2, -0.15) is 0 Å². The Hall–Kier alpha value is 0.0544. The summed E-state index contributed by atoms with van der Waals surface area (Å²) in [7, 11) is 0. The Balaban J connectivity index is 0. The largest absolute Gasteiger partial charge is 0.481 e. The van der Waals surface area contributed by atoms with Crippen molar-refractivity contribution in [3.63, 3.8) is 0 Å². The number of carboxylic acids is 1. The molecule has 0 aromatic carbocycles. The SMILES string of the molecule is CCCCCCCCCCCCCCCC(=O)O.[V]. The Kier molecular flexibility index (Phi) is 20.3. The van der Waals surface area contributed by atoms with Crippen molar-refractivity contribution in [1.82, 2.24) is 0 Å². The summed E-state index contributed by atoms with van der Waals surface area (Å²) >= 11 is 0. The molecule has 1 N–H and O–H groups in total. The summed E-state index contributed by atoms with van der Waals surface area (Å²) in [6, 6.07) is 0. The Morgan fingerprint density at radius 1 is 0.684 bits per heavy atom. The van der Waals surface area contributed by atoms with Gasteiger partial charge in [-0.3, -0.25) is 4.79 Å². The molecule has 0 atom stereocenters. The summed E-state index contributed by atoms with van der Waals surface area (Å²) in [6.07, 6.45) is 17.3. The maximum absolute atomic E-state index is 10.3. The molecule has 0 aromatic rings. The van der Waals surface area contributed by atoms with E-state index < -0.39 is 5.97 Å². The minimum Gasteiger partial charge on any atom is -0.481 e. The minimum atomic E-state index is -0.655. The molecule has 0 saturated carbocycles. The fraction of sp³-hybridized carbons (Fsp3) is 0.938. The van der Waals surface area contributed by atoms with Gasteiger partial charge < -0.3 is 5.11 Å². The summed E-state index contributed by atoms with van der Waals surface area (Å²) in [6.45, 7) is 2.26. The van der Waals surface area contributed by atoms with Gasteiger partial charge in [-0.1, -0.05) is 84.0 Å². The van der Waals surface area contributed by atoms with Gasteiger partial charge in [0.05, 0.1) is 0 Å². The molecule has 113 valence electrons. The van der Waals surface area contributed by atoms with Crippen molar-refractivity contribution < 1.29 is 28.5 Å². The molecule has 0 amide bonds. The number of carboxylic acid groups (broad SMARTS) is 1. The van der Waals surface area contributed by atoms with E-state index in [1.54, 1.807) is 0 Å². The van der Waals surface area contributed by atoms with Crippen LogP contribution in [0.25, 0.3) is 0 Å². The molecule has 0 spiro atoms. The summed E-state index contributed by atoms with van der Waals surface area (Å²) in [5.41, 5.74) is 0. The number of hydrogen-bond donors (Lipinski definition) is 1. The van der Waals surface area contributed by atoms with Crippen LogP contribution in [-0.4, -0.2) is 11.1 Å². The number of unbranched alkanes of at least 4 members (excludes halogenated alkanes) is 12. The first kappa shape index (κ1) is 21.4. The van der Waals surface area contributed by atoms with E-state index in [-0.39, 0.29) is 18.6 Å². The van der Waals surface area contributed by atoms with Crippen LogP contribution in [0.1, 0.15) is 96.8 Å². The average molecular weight is 307 g/mol. The van der Waals surface area contributed by atoms with Gasteiger partial charge in [-0.25, -0.2) is 0 Å². The quantitative estimate of drug-likeness (QED) is 0.427. The van der Waals surface area contributed by atoms with Crippen LogP contribution in [0, 0.1) is 0 Å². The predicted octanol–water partition coefficient (Wildman–Crippen LogP) is 5.55. The zero-order chi connectivity index (χ0) is 13.5. The first-order chi connectivity index (χ1) is 8.77. The zero-order valence-corrected chi connectivity index (χ0v) is 14.1. The van der Waals surface area contributed by atoms with Crippen LogP contribution in [0.3, 0.4) is 0 Å². The first-order valence-corrected chi connectivity index (χ1v) is 7.99. The van der Waals surface area contributed by atoms with Crippen molar-refractivity contribution in [1.29, 1.82) is 0 Å². The van der Waals surface area contributed by atoms with Crippen molar-refractivity contribution in [2.24, 2.45) is 0 Å². The number of rotatable bonds is 14. The number of aliphatic carboxylic acids is 1. The van der Waals surface area contributed by atoms with E-state index in [1.807, 2.05) is 0 Å². The molecule has 0 rings (SSSR count). The van der Waals surface area contributed by atoms with E-state index in [1.165, 1.54) is 70.6 Å². The third-order valence-electron chi connectivity index (χ3n) is 3.49.